The SMILES string of the molecule is CCSc1cc(C2(Cc3nncn3C)COC2)cc(N2Cc3c(cc(C[N+]4(Cc5ccc(NC(=O)C(C)NC(=O)C(NC(=O)CCCCCN6C(=O)C=CC6=O)C(C)C)cc5)CCC[C@H](C)C4)cc3C(F)(F)F)C2=O)n1. The number of piperidine rings is 1. The number of quaternary nitrogens is 1. The molecule has 2 saturated heterocycles. The van der Waals surface area contributed by atoms with Crippen molar-refractivity contribution in [3.8, 4) is 0 Å². The first-order chi connectivity index (χ1) is 36.2. The number of alkyl halides is 3. The zero-order valence-corrected chi connectivity index (χ0v) is 44.8. The van der Waals surface area contributed by atoms with Gasteiger partial charge >= 0.3 is 6.18 Å². The van der Waals surface area contributed by atoms with Gasteiger partial charge in [-0.25, -0.2) is 4.98 Å². The number of rotatable bonds is 22. The normalized spacial score (nSPS) is 19.9. The number of hydrogen-bond donors (Lipinski definition) is 3. The second-order valence-electron chi connectivity index (χ2n) is 21.3. The number of aromatic nitrogens is 4. The Kier molecular flexibility index (Phi) is 17.2. The standard InChI is InChI=1S/C55H67F3N10O7S/c1-7-76-47-25-39(54(31-75-32-54)26-45-64-59-33-65(45)6)24-44(62-47)67-27-42-41(53(67)74)22-38(23-43(42)55(56,57)58)30-68(21-11-12-35(4)28-68)29-37-14-16-40(17-15-37)61-51(72)36(5)60-52(73)50(34(2)3)63-46(69)13-9-8-10-20-66-48(70)18-19-49(66)71/h14-19,22-25,33-36,50H,7-13,20-21,26-32H2,1-6H3,(H2-,60,61,63,69,72,73)/p+1/t35-,36?,50?,68?/m0/s1. The van der Waals surface area contributed by atoms with Crippen LogP contribution < -0.4 is 20.9 Å². The van der Waals surface area contributed by atoms with Crippen LogP contribution in [0.1, 0.15) is 117 Å². The molecule has 8 rings (SSSR count). The summed E-state index contributed by atoms with van der Waals surface area (Å²) in [5.74, 6) is -0.786. The monoisotopic (exact) mass is 1070 g/mol. The molecule has 76 heavy (non-hydrogen) atoms. The average molecular weight is 1070 g/mol. The number of ether oxygens (including phenoxy) is 1. The van der Waals surface area contributed by atoms with Gasteiger partial charge in [-0.2, -0.15) is 13.2 Å². The number of benzene rings is 2. The number of likely N-dealkylation sites (tertiary alicyclic amines) is 1. The molecule has 4 aliphatic heterocycles. The van der Waals surface area contributed by atoms with Gasteiger partial charge in [0, 0.05) is 72.3 Å². The molecule has 2 fully saturated rings. The minimum absolute atomic E-state index is 0.0235. The van der Waals surface area contributed by atoms with Crippen molar-refractivity contribution in [1.29, 1.82) is 0 Å². The van der Waals surface area contributed by atoms with E-state index < -0.39 is 47.0 Å². The number of nitrogens with one attached hydrogen (secondary N) is 3. The van der Waals surface area contributed by atoms with Gasteiger partial charge in [0.25, 0.3) is 17.7 Å². The summed E-state index contributed by atoms with van der Waals surface area (Å²) >= 11 is 1.49. The first-order valence-electron chi connectivity index (χ1n) is 26.2. The maximum atomic E-state index is 15.2. The highest BCUT2D eigenvalue weighted by molar-refractivity contribution is 7.99. The third kappa shape index (κ3) is 12.9. The predicted molar refractivity (Wildman–Crippen MR) is 279 cm³/mol. The van der Waals surface area contributed by atoms with Gasteiger partial charge in [0.1, 0.15) is 43.1 Å². The topological polar surface area (TPSA) is 198 Å². The molecule has 21 heteroatoms. The number of carbonyl (C=O) groups is 6. The molecule has 0 aliphatic carbocycles. The van der Waals surface area contributed by atoms with Crippen molar-refractivity contribution in [1.82, 2.24) is 35.3 Å². The van der Waals surface area contributed by atoms with Crippen LogP contribution in [0.5, 0.6) is 0 Å². The third-order valence-electron chi connectivity index (χ3n) is 14.9. The number of unbranched alkanes of at least 4 members (excludes halogenated alkanes) is 2. The van der Waals surface area contributed by atoms with E-state index in [1.54, 1.807) is 45.3 Å². The highest BCUT2D eigenvalue weighted by atomic mass is 32.2. The van der Waals surface area contributed by atoms with Crippen LogP contribution in [0.4, 0.5) is 24.7 Å². The summed E-state index contributed by atoms with van der Waals surface area (Å²) in [6, 6.07) is 12.1. The Balaban J connectivity index is 0.921. The number of hydrogen-bond acceptors (Lipinski definition) is 11. The molecule has 406 valence electrons. The second kappa shape index (κ2) is 23.4. The van der Waals surface area contributed by atoms with Crippen molar-refractivity contribution in [3.05, 3.63) is 106 Å². The number of thioether (sulfide) groups is 1. The molecule has 3 N–H and O–H groups in total. The lowest BCUT2D eigenvalue weighted by molar-refractivity contribution is -0.960. The molecular formula is C55H68F3N10O7S+. The fraction of sp³-hybridized carbons (Fsp3) is 0.509. The van der Waals surface area contributed by atoms with E-state index in [-0.39, 0.29) is 66.6 Å². The highest BCUT2D eigenvalue weighted by Gasteiger charge is 2.45. The van der Waals surface area contributed by atoms with Crippen LogP contribution in [0.15, 0.2) is 72.0 Å². The molecule has 17 nitrogen and oxygen atoms in total. The lowest BCUT2D eigenvalue weighted by Gasteiger charge is -2.44. The molecule has 4 atom stereocenters. The van der Waals surface area contributed by atoms with E-state index in [2.05, 4.69) is 33.1 Å². The van der Waals surface area contributed by atoms with Gasteiger partial charge in [-0.15, -0.1) is 22.0 Å². The molecule has 6 amide bonds. The smallest absolute Gasteiger partial charge is 0.379 e. The Morgan fingerprint density at radius 3 is 2.29 bits per heavy atom. The van der Waals surface area contributed by atoms with Crippen molar-refractivity contribution >= 4 is 58.7 Å². The van der Waals surface area contributed by atoms with E-state index in [1.165, 1.54) is 34.9 Å². The van der Waals surface area contributed by atoms with Crippen LogP contribution in [0.25, 0.3) is 0 Å². The first-order valence-corrected chi connectivity index (χ1v) is 27.1. The van der Waals surface area contributed by atoms with Gasteiger partial charge in [0.15, 0.2) is 0 Å². The minimum Gasteiger partial charge on any atom is -0.379 e. The summed E-state index contributed by atoms with van der Waals surface area (Å²) in [4.78, 5) is 85.0. The lowest BCUT2D eigenvalue weighted by Crippen LogP contribution is -2.53. The van der Waals surface area contributed by atoms with E-state index in [9.17, 15) is 28.8 Å². The van der Waals surface area contributed by atoms with Crippen LogP contribution in [0.3, 0.4) is 0 Å². The molecular weight excluding hydrogens is 1000 g/mol. The largest absolute Gasteiger partial charge is 0.416 e. The molecule has 2 aromatic heterocycles. The van der Waals surface area contributed by atoms with E-state index in [4.69, 9.17) is 9.72 Å². The molecule has 0 radical (unpaired) electrons. The van der Waals surface area contributed by atoms with Gasteiger partial charge in [-0.1, -0.05) is 46.2 Å². The van der Waals surface area contributed by atoms with E-state index >= 15 is 13.2 Å². The summed E-state index contributed by atoms with van der Waals surface area (Å²) in [5, 5.41) is 17.3. The van der Waals surface area contributed by atoms with Crippen LogP contribution in [0.2, 0.25) is 0 Å². The van der Waals surface area contributed by atoms with Gasteiger partial charge in [-0.05, 0) is 91.8 Å². The summed E-state index contributed by atoms with van der Waals surface area (Å²) in [6.45, 7) is 12.3. The zero-order valence-electron chi connectivity index (χ0n) is 44.0. The Hall–Kier alpha value is -6.45. The quantitative estimate of drug-likeness (QED) is 0.0316. The van der Waals surface area contributed by atoms with Crippen molar-refractivity contribution in [2.24, 2.45) is 18.9 Å². The minimum atomic E-state index is -4.73. The molecule has 0 spiro atoms. The predicted octanol–water partition coefficient (Wildman–Crippen LogP) is 7.03. The van der Waals surface area contributed by atoms with Gasteiger partial charge in [0.05, 0.1) is 43.4 Å². The fourth-order valence-electron chi connectivity index (χ4n) is 10.9. The van der Waals surface area contributed by atoms with Crippen molar-refractivity contribution in [2.45, 2.75) is 128 Å². The maximum absolute atomic E-state index is 15.2. The maximum Gasteiger partial charge on any atom is 0.416 e. The summed E-state index contributed by atoms with van der Waals surface area (Å²) in [5.41, 5.74) is 1.34. The molecule has 6 heterocycles. The lowest BCUT2D eigenvalue weighted by atomic mass is 9.76. The van der Waals surface area contributed by atoms with Crippen LogP contribution in [0, 0.1) is 11.8 Å². The number of pyridine rings is 1. The van der Waals surface area contributed by atoms with Crippen LogP contribution in [-0.4, -0.2) is 115 Å². The van der Waals surface area contributed by atoms with Crippen molar-refractivity contribution in [3.63, 3.8) is 0 Å². The summed E-state index contributed by atoms with van der Waals surface area (Å²) in [6.07, 6.45) is 3.54. The van der Waals surface area contributed by atoms with E-state index in [0.29, 0.717) is 91.0 Å². The molecule has 0 saturated carbocycles. The van der Waals surface area contributed by atoms with Crippen molar-refractivity contribution < 1.29 is 51.2 Å². The van der Waals surface area contributed by atoms with Crippen LogP contribution in [-0.2, 0) is 73.4 Å². The number of amides is 6. The van der Waals surface area contributed by atoms with E-state index in [1.807, 2.05) is 42.8 Å². The highest BCUT2D eigenvalue weighted by Crippen LogP contribution is 2.43. The van der Waals surface area contributed by atoms with Gasteiger partial charge in [-0.3, -0.25) is 38.6 Å². The molecule has 4 aliphatic rings. The van der Waals surface area contributed by atoms with Crippen LogP contribution >= 0.6 is 11.8 Å². The summed E-state index contributed by atoms with van der Waals surface area (Å²) < 4.78 is 53.7. The van der Waals surface area contributed by atoms with E-state index in [0.717, 1.165) is 34.7 Å². The second-order valence-corrected chi connectivity index (χ2v) is 22.6. The number of nitrogens with zero attached hydrogens (tertiary/aromatic N) is 7. The Bertz CT molecular complexity index is 2850. The number of anilines is 2. The Morgan fingerprint density at radius 2 is 1.66 bits per heavy atom. The number of carbonyl (C=O) groups excluding carboxylic acids is 6. The van der Waals surface area contributed by atoms with Gasteiger partial charge < -0.3 is 29.7 Å². The zero-order chi connectivity index (χ0) is 54.5. The molecule has 4 aromatic rings. The Labute approximate surface area is 445 Å². The Morgan fingerprint density at radius 1 is 0.934 bits per heavy atom. The number of halogens is 3. The third-order valence-corrected chi connectivity index (χ3v) is 15.7. The summed E-state index contributed by atoms with van der Waals surface area (Å²) in [7, 11) is 1.87. The van der Waals surface area contributed by atoms with Crippen molar-refractivity contribution in [2.75, 3.05) is 48.8 Å². The fourth-order valence-corrected chi connectivity index (χ4v) is 11.5. The number of fused-ring (bicyclic) bond motifs is 1. The molecule has 3 unspecified atom stereocenters. The first kappa shape index (κ1) is 55.8. The van der Waals surface area contributed by atoms with Gasteiger partial charge in [0.2, 0.25) is 17.7 Å². The average Bonchev–Trinajstić information content (AvgIpc) is 4.02. The number of imide groups is 1. The number of aryl methyl sites for hydroxylation is 1. The molecule has 0 bridgehead atoms. The molecule has 2 aromatic carbocycles.